The van der Waals surface area contributed by atoms with Crippen molar-refractivity contribution in [2.45, 2.75) is 79.2 Å². The summed E-state index contributed by atoms with van der Waals surface area (Å²) in [6, 6.07) is 5.83. The van der Waals surface area contributed by atoms with Gasteiger partial charge in [0.25, 0.3) is 0 Å². The minimum absolute atomic E-state index is 0.495. The highest BCUT2D eigenvalue weighted by Gasteiger charge is 2.49. The molecule has 3 heteroatoms. The Morgan fingerprint density at radius 1 is 1.24 bits per heavy atom. The van der Waals surface area contributed by atoms with E-state index in [2.05, 4.69) is 0 Å². The van der Waals surface area contributed by atoms with E-state index in [0.717, 1.165) is 16.9 Å². The molecule has 2 nitrogen and oxygen atoms in total. The number of fused-ring (bicyclic) bond motifs is 1. The molecule has 21 heavy (non-hydrogen) atoms. The van der Waals surface area contributed by atoms with Crippen LogP contribution in [0.3, 0.4) is 0 Å². The van der Waals surface area contributed by atoms with Crippen LogP contribution in [0.5, 0.6) is 5.75 Å². The highest BCUT2D eigenvalue weighted by molar-refractivity contribution is 5.42. The average molecular weight is 298 g/mol. The van der Waals surface area contributed by atoms with Crippen molar-refractivity contribution in [3.05, 3.63) is 29.3 Å². The Hall–Kier alpha value is -1.09. The molecule has 2 rings (SSSR count). The van der Waals surface area contributed by atoms with Crippen molar-refractivity contribution in [2.75, 3.05) is 0 Å². The van der Waals surface area contributed by atoms with Gasteiger partial charge in [-0.1, -0.05) is 45.4 Å². The molecule has 0 fully saturated rings. The average Bonchev–Trinajstić information content (AvgIpc) is 2.78. The number of aliphatic hydroxyl groups is 1. The number of rotatable bonds is 2. The number of alkyl halides is 1. The molecule has 0 saturated heterocycles. The van der Waals surface area contributed by atoms with E-state index in [1.807, 2.05) is 52.8 Å². The Bertz CT molecular complexity index is 437. The third kappa shape index (κ3) is 4.70. The van der Waals surface area contributed by atoms with Crippen LogP contribution in [0.4, 0.5) is 4.39 Å². The van der Waals surface area contributed by atoms with E-state index in [4.69, 9.17) is 4.74 Å². The van der Waals surface area contributed by atoms with Gasteiger partial charge >= 0.3 is 0 Å². The normalized spacial score (nSPS) is 21.0. The van der Waals surface area contributed by atoms with Crippen LogP contribution in [0.2, 0.25) is 0 Å². The molecule has 1 heterocycles. The first kappa shape index (κ1) is 19.9. The van der Waals surface area contributed by atoms with Gasteiger partial charge in [0.15, 0.2) is 6.17 Å². The predicted octanol–water partition coefficient (Wildman–Crippen LogP) is 4.85. The Kier molecular flexibility index (Phi) is 7.38. The van der Waals surface area contributed by atoms with Gasteiger partial charge in [-0.25, -0.2) is 4.39 Å². The van der Waals surface area contributed by atoms with E-state index in [0.29, 0.717) is 6.42 Å². The standard InChI is InChI=1S/C14H19FO2.2C2H6/c1-9-5-6-11-10(7-9)8-14(4,17-11)12(15)13(2,3)16;2*1-2/h5-7,12,16H,8H2,1-4H3;2*1-2H3. The van der Waals surface area contributed by atoms with Crippen LogP contribution in [-0.2, 0) is 6.42 Å². The maximum Gasteiger partial charge on any atom is 0.167 e. The van der Waals surface area contributed by atoms with Gasteiger partial charge in [-0.2, -0.15) is 0 Å². The Labute approximate surface area is 129 Å². The molecule has 0 saturated carbocycles. The van der Waals surface area contributed by atoms with E-state index in [1.54, 1.807) is 6.92 Å². The van der Waals surface area contributed by atoms with E-state index < -0.39 is 17.4 Å². The van der Waals surface area contributed by atoms with E-state index >= 15 is 0 Å². The summed E-state index contributed by atoms with van der Waals surface area (Å²) in [7, 11) is 0. The molecule has 0 radical (unpaired) electrons. The van der Waals surface area contributed by atoms with Crippen molar-refractivity contribution in [1.29, 1.82) is 0 Å². The Balaban J connectivity index is 0.000000921. The number of hydrogen-bond acceptors (Lipinski definition) is 2. The van der Waals surface area contributed by atoms with Crippen molar-refractivity contribution in [2.24, 2.45) is 0 Å². The van der Waals surface area contributed by atoms with Gasteiger partial charge in [-0.05, 0) is 39.3 Å². The third-order valence-electron chi connectivity index (χ3n) is 3.26. The van der Waals surface area contributed by atoms with Gasteiger partial charge in [0.2, 0.25) is 0 Å². The zero-order valence-electron chi connectivity index (χ0n) is 14.7. The summed E-state index contributed by atoms with van der Waals surface area (Å²) in [6.07, 6.45) is -0.933. The minimum Gasteiger partial charge on any atom is -0.484 e. The highest BCUT2D eigenvalue weighted by Crippen LogP contribution is 2.40. The summed E-state index contributed by atoms with van der Waals surface area (Å²) in [4.78, 5) is 0. The van der Waals surface area contributed by atoms with Crippen molar-refractivity contribution >= 4 is 0 Å². The molecule has 0 bridgehead atoms. The lowest BCUT2D eigenvalue weighted by molar-refractivity contribution is -0.0917. The number of halogens is 1. The first-order valence-corrected chi connectivity index (χ1v) is 7.87. The van der Waals surface area contributed by atoms with E-state index in [-0.39, 0.29) is 0 Å². The van der Waals surface area contributed by atoms with Crippen LogP contribution in [0.1, 0.15) is 59.6 Å². The molecule has 2 atom stereocenters. The number of ether oxygens (including phenoxy) is 1. The summed E-state index contributed by atoms with van der Waals surface area (Å²) in [5.41, 5.74) is -0.227. The van der Waals surface area contributed by atoms with Gasteiger partial charge in [0.05, 0.1) is 5.60 Å². The van der Waals surface area contributed by atoms with Gasteiger partial charge in [0, 0.05) is 6.42 Å². The molecule has 1 aromatic carbocycles. The molecule has 0 aliphatic carbocycles. The SMILES string of the molecule is CC.CC.Cc1ccc2c(c1)CC(C)(C(F)C(C)(C)O)O2. The Morgan fingerprint density at radius 3 is 2.24 bits per heavy atom. The highest BCUT2D eigenvalue weighted by atomic mass is 19.1. The molecule has 1 aliphatic heterocycles. The molecule has 0 amide bonds. The largest absolute Gasteiger partial charge is 0.484 e. The fourth-order valence-corrected chi connectivity index (χ4v) is 2.50. The number of hydrogen-bond donors (Lipinski definition) is 1. The van der Waals surface area contributed by atoms with E-state index in [1.165, 1.54) is 13.8 Å². The predicted molar refractivity (Wildman–Crippen MR) is 87.8 cm³/mol. The second-order valence-electron chi connectivity index (χ2n) is 5.72. The molecule has 1 aliphatic rings. The van der Waals surface area contributed by atoms with E-state index in [9.17, 15) is 9.50 Å². The van der Waals surface area contributed by atoms with Crippen molar-refractivity contribution in [3.8, 4) is 5.75 Å². The summed E-state index contributed by atoms with van der Waals surface area (Å²) >= 11 is 0. The molecule has 0 aromatic heterocycles. The van der Waals surface area contributed by atoms with Crippen LogP contribution < -0.4 is 4.74 Å². The van der Waals surface area contributed by atoms with Gasteiger partial charge in [0.1, 0.15) is 11.4 Å². The van der Waals surface area contributed by atoms with Gasteiger partial charge in [-0.3, -0.25) is 0 Å². The monoisotopic (exact) mass is 298 g/mol. The summed E-state index contributed by atoms with van der Waals surface area (Å²) in [5.74, 6) is 0.727. The maximum atomic E-state index is 14.3. The molecule has 1 aromatic rings. The smallest absolute Gasteiger partial charge is 0.167 e. The lowest BCUT2D eigenvalue weighted by Crippen LogP contribution is -2.52. The zero-order chi connectivity index (χ0) is 16.8. The fraction of sp³-hybridized carbons (Fsp3) is 0.667. The molecule has 2 unspecified atom stereocenters. The summed E-state index contributed by atoms with van der Waals surface area (Å²) in [6.45, 7) is 14.7. The fourth-order valence-electron chi connectivity index (χ4n) is 2.50. The zero-order valence-corrected chi connectivity index (χ0v) is 14.7. The first-order valence-electron chi connectivity index (χ1n) is 7.87. The van der Waals surface area contributed by atoms with Crippen LogP contribution in [-0.4, -0.2) is 22.5 Å². The van der Waals surface area contributed by atoms with Crippen LogP contribution in [0.25, 0.3) is 0 Å². The topological polar surface area (TPSA) is 29.5 Å². The first-order chi connectivity index (χ1) is 9.72. The maximum absolute atomic E-state index is 14.3. The second kappa shape index (κ2) is 7.79. The molecule has 0 spiro atoms. The van der Waals surface area contributed by atoms with Crippen molar-refractivity contribution in [1.82, 2.24) is 0 Å². The number of aryl methyl sites for hydroxylation is 1. The number of benzene rings is 1. The summed E-state index contributed by atoms with van der Waals surface area (Å²) in [5, 5.41) is 9.79. The summed E-state index contributed by atoms with van der Waals surface area (Å²) < 4.78 is 20.0. The van der Waals surface area contributed by atoms with Crippen LogP contribution in [0.15, 0.2) is 18.2 Å². The van der Waals surface area contributed by atoms with Gasteiger partial charge < -0.3 is 9.84 Å². The van der Waals surface area contributed by atoms with Crippen molar-refractivity contribution in [3.63, 3.8) is 0 Å². The molecular formula is C18H31FO2. The molecule has 1 N–H and O–H groups in total. The van der Waals surface area contributed by atoms with Crippen LogP contribution in [0, 0.1) is 6.92 Å². The lowest BCUT2D eigenvalue weighted by Gasteiger charge is -2.35. The minimum atomic E-state index is -1.43. The second-order valence-corrected chi connectivity index (χ2v) is 5.72. The van der Waals surface area contributed by atoms with Gasteiger partial charge in [-0.15, -0.1) is 0 Å². The van der Waals surface area contributed by atoms with Crippen LogP contribution >= 0.6 is 0 Å². The Morgan fingerprint density at radius 2 is 1.76 bits per heavy atom. The lowest BCUT2D eigenvalue weighted by atomic mass is 9.85. The third-order valence-corrected chi connectivity index (χ3v) is 3.26. The molecular weight excluding hydrogens is 267 g/mol. The van der Waals surface area contributed by atoms with Crippen molar-refractivity contribution < 1.29 is 14.2 Å². The quantitative estimate of drug-likeness (QED) is 0.845. The molecule has 122 valence electrons.